The van der Waals surface area contributed by atoms with Gasteiger partial charge in [0.05, 0.1) is 18.4 Å². The molecule has 0 amide bonds. The predicted octanol–water partition coefficient (Wildman–Crippen LogP) is 3.45. The van der Waals surface area contributed by atoms with Crippen LogP contribution in [0.1, 0.15) is 37.8 Å². The molecule has 0 aliphatic heterocycles. The van der Waals surface area contributed by atoms with E-state index in [2.05, 4.69) is 53.5 Å². The Morgan fingerprint density at radius 3 is 2.86 bits per heavy atom. The number of thiophene rings is 1. The maximum atomic E-state index is 4.75. The first-order valence-electron chi connectivity index (χ1n) is 7.51. The van der Waals surface area contributed by atoms with Crippen molar-refractivity contribution in [3.05, 3.63) is 40.5 Å². The van der Waals surface area contributed by atoms with Crippen LogP contribution in [0.25, 0.3) is 0 Å². The second-order valence-corrected chi connectivity index (χ2v) is 6.38. The smallest absolute Gasteiger partial charge is 0.148 e. The lowest BCUT2D eigenvalue weighted by molar-refractivity contribution is 0.647. The molecular formula is C16H24N4S. The van der Waals surface area contributed by atoms with E-state index >= 15 is 0 Å². The van der Waals surface area contributed by atoms with Crippen molar-refractivity contribution in [3.8, 4) is 0 Å². The molecule has 0 aromatic carbocycles. The highest BCUT2D eigenvalue weighted by atomic mass is 32.1. The van der Waals surface area contributed by atoms with Crippen molar-refractivity contribution in [2.24, 2.45) is 0 Å². The number of nitrogens with one attached hydrogen (secondary N) is 1. The molecule has 4 nitrogen and oxygen atoms in total. The Morgan fingerprint density at radius 1 is 1.33 bits per heavy atom. The summed E-state index contributed by atoms with van der Waals surface area (Å²) < 4.78 is 0. The number of hydrogen-bond acceptors (Lipinski definition) is 5. The maximum Gasteiger partial charge on any atom is 0.148 e. The monoisotopic (exact) mass is 304 g/mol. The molecule has 0 fully saturated rings. The minimum absolute atomic E-state index is 0.389. The van der Waals surface area contributed by atoms with Gasteiger partial charge in [-0.15, -0.1) is 11.3 Å². The van der Waals surface area contributed by atoms with Crippen LogP contribution in [-0.4, -0.2) is 22.6 Å². The molecule has 0 saturated carbocycles. The summed E-state index contributed by atoms with van der Waals surface area (Å²) in [5.74, 6) is 0.953. The van der Waals surface area contributed by atoms with Crippen molar-refractivity contribution >= 4 is 17.2 Å². The molecule has 114 valence electrons. The van der Waals surface area contributed by atoms with E-state index in [9.17, 15) is 0 Å². The van der Waals surface area contributed by atoms with Gasteiger partial charge in [-0.2, -0.15) is 0 Å². The Bertz CT molecular complexity index is 525. The van der Waals surface area contributed by atoms with Crippen LogP contribution in [-0.2, 0) is 13.1 Å². The highest BCUT2D eigenvalue weighted by molar-refractivity contribution is 7.09. The molecule has 0 saturated heterocycles. The summed E-state index contributed by atoms with van der Waals surface area (Å²) in [6.07, 6.45) is 4.83. The van der Waals surface area contributed by atoms with Gasteiger partial charge in [-0.3, -0.25) is 4.98 Å². The lowest BCUT2D eigenvalue weighted by Gasteiger charge is -2.27. The van der Waals surface area contributed by atoms with Crippen LogP contribution in [0.5, 0.6) is 0 Å². The third kappa shape index (κ3) is 4.79. The standard InChI is InChI=1S/C16H24N4S/c1-4-7-17-9-14-10-18-11-16(19-14)20(13(2)3)12-15-6-5-8-21-15/h5-6,8,10-11,13,17H,4,7,9,12H2,1-3H3. The molecule has 0 aliphatic carbocycles. The lowest BCUT2D eigenvalue weighted by Crippen LogP contribution is -2.31. The number of hydrogen-bond donors (Lipinski definition) is 1. The largest absolute Gasteiger partial charge is 0.348 e. The van der Waals surface area contributed by atoms with Crippen LogP contribution in [0.15, 0.2) is 29.9 Å². The first-order chi connectivity index (χ1) is 10.2. The van der Waals surface area contributed by atoms with Crippen molar-refractivity contribution in [1.82, 2.24) is 15.3 Å². The van der Waals surface area contributed by atoms with Crippen molar-refractivity contribution in [2.75, 3.05) is 11.4 Å². The van der Waals surface area contributed by atoms with E-state index in [4.69, 9.17) is 4.98 Å². The SMILES string of the molecule is CCCNCc1cncc(N(Cc2cccs2)C(C)C)n1. The van der Waals surface area contributed by atoms with Crippen LogP contribution in [0.2, 0.25) is 0 Å². The fourth-order valence-electron chi connectivity index (χ4n) is 2.11. The molecule has 2 aromatic rings. The van der Waals surface area contributed by atoms with E-state index in [-0.39, 0.29) is 0 Å². The van der Waals surface area contributed by atoms with E-state index in [1.165, 1.54) is 4.88 Å². The Hall–Kier alpha value is -1.46. The van der Waals surface area contributed by atoms with Gasteiger partial charge in [0.2, 0.25) is 0 Å². The van der Waals surface area contributed by atoms with E-state index in [0.717, 1.165) is 37.6 Å². The van der Waals surface area contributed by atoms with Gasteiger partial charge in [-0.25, -0.2) is 4.98 Å². The Balaban J connectivity index is 2.10. The molecule has 2 rings (SSSR count). The molecule has 0 unspecified atom stereocenters. The van der Waals surface area contributed by atoms with Crippen molar-refractivity contribution in [3.63, 3.8) is 0 Å². The van der Waals surface area contributed by atoms with Crippen LogP contribution in [0.4, 0.5) is 5.82 Å². The van der Waals surface area contributed by atoms with Gasteiger partial charge in [0.1, 0.15) is 5.82 Å². The Morgan fingerprint density at radius 2 is 2.19 bits per heavy atom. The average Bonchev–Trinajstić information content (AvgIpc) is 2.98. The van der Waals surface area contributed by atoms with Crippen LogP contribution >= 0.6 is 11.3 Å². The fraction of sp³-hybridized carbons (Fsp3) is 0.500. The van der Waals surface area contributed by atoms with Crippen LogP contribution in [0, 0.1) is 0 Å². The summed E-state index contributed by atoms with van der Waals surface area (Å²) in [5, 5.41) is 5.49. The molecule has 0 atom stereocenters. The second-order valence-electron chi connectivity index (χ2n) is 5.35. The topological polar surface area (TPSA) is 41.1 Å². The Labute approximate surface area is 131 Å². The zero-order valence-electron chi connectivity index (χ0n) is 13.0. The summed E-state index contributed by atoms with van der Waals surface area (Å²) in [7, 11) is 0. The summed E-state index contributed by atoms with van der Waals surface area (Å²) >= 11 is 1.78. The summed E-state index contributed by atoms with van der Waals surface area (Å²) in [6, 6.07) is 4.65. The van der Waals surface area contributed by atoms with E-state index < -0.39 is 0 Å². The number of anilines is 1. The summed E-state index contributed by atoms with van der Waals surface area (Å²) in [6.45, 7) is 9.22. The van der Waals surface area contributed by atoms with Crippen LogP contribution < -0.4 is 10.2 Å². The normalized spacial score (nSPS) is 11.0. The lowest BCUT2D eigenvalue weighted by atomic mass is 10.3. The minimum atomic E-state index is 0.389. The molecule has 1 N–H and O–H groups in total. The number of nitrogens with zero attached hydrogens (tertiary/aromatic N) is 3. The molecule has 0 radical (unpaired) electrons. The van der Waals surface area contributed by atoms with E-state index in [1.54, 1.807) is 11.3 Å². The summed E-state index contributed by atoms with van der Waals surface area (Å²) in [4.78, 5) is 12.7. The van der Waals surface area contributed by atoms with Crippen molar-refractivity contribution < 1.29 is 0 Å². The third-order valence-electron chi connectivity index (χ3n) is 3.23. The van der Waals surface area contributed by atoms with Gasteiger partial charge < -0.3 is 10.2 Å². The van der Waals surface area contributed by atoms with Gasteiger partial charge in [0, 0.05) is 23.7 Å². The number of aromatic nitrogens is 2. The van der Waals surface area contributed by atoms with Gasteiger partial charge >= 0.3 is 0 Å². The molecular weight excluding hydrogens is 280 g/mol. The van der Waals surface area contributed by atoms with Crippen LogP contribution in [0.3, 0.4) is 0 Å². The van der Waals surface area contributed by atoms with Crippen molar-refractivity contribution in [1.29, 1.82) is 0 Å². The second kappa shape index (κ2) is 8.10. The molecule has 0 bridgehead atoms. The molecule has 2 aromatic heterocycles. The average molecular weight is 304 g/mol. The first kappa shape index (κ1) is 15.9. The van der Waals surface area contributed by atoms with Crippen molar-refractivity contribution in [2.45, 2.75) is 46.3 Å². The van der Waals surface area contributed by atoms with E-state index in [1.807, 2.05) is 12.4 Å². The zero-order chi connectivity index (χ0) is 15.1. The van der Waals surface area contributed by atoms with E-state index in [0.29, 0.717) is 6.04 Å². The molecule has 0 aliphatic rings. The van der Waals surface area contributed by atoms with Gasteiger partial charge in [-0.1, -0.05) is 13.0 Å². The van der Waals surface area contributed by atoms with Gasteiger partial charge in [0.25, 0.3) is 0 Å². The molecule has 21 heavy (non-hydrogen) atoms. The fourth-order valence-corrected chi connectivity index (χ4v) is 2.81. The van der Waals surface area contributed by atoms with Gasteiger partial charge in [0.15, 0.2) is 0 Å². The molecule has 5 heteroatoms. The molecule has 2 heterocycles. The molecule has 0 spiro atoms. The third-order valence-corrected chi connectivity index (χ3v) is 4.09. The highest BCUT2D eigenvalue weighted by Gasteiger charge is 2.14. The first-order valence-corrected chi connectivity index (χ1v) is 8.39. The minimum Gasteiger partial charge on any atom is -0.348 e. The Kier molecular flexibility index (Phi) is 6.14. The zero-order valence-corrected chi connectivity index (χ0v) is 13.9. The number of rotatable bonds is 8. The predicted molar refractivity (Wildman–Crippen MR) is 89.7 cm³/mol. The highest BCUT2D eigenvalue weighted by Crippen LogP contribution is 2.19. The maximum absolute atomic E-state index is 4.75. The summed E-state index contributed by atoms with van der Waals surface area (Å²) in [5.41, 5.74) is 0.998. The quantitative estimate of drug-likeness (QED) is 0.758. The van der Waals surface area contributed by atoms with Gasteiger partial charge in [-0.05, 0) is 38.3 Å².